The third-order valence-corrected chi connectivity index (χ3v) is 6.97. The van der Waals surface area contributed by atoms with E-state index in [1.165, 1.54) is 36.4 Å². The zero-order valence-corrected chi connectivity index (χ0v) is 19.7. The van der Waals surface area contributed by atoms with E-state index in [1.807, 2.05) is 6.07 Å². The van der Waals surface area contributed by atoms with Gasteiger partial charge in [-0.3, -0.25) is 0 Å². The van der Waals surface area contributed by atoms with Crippen LogP contribution >= 0.6 is 0 Å². The summed E-state index contributed by atoms with van der Waals surface area (Å²) in [6.45, 7) is 0. The zero-order valence-electron chi connectivity index (χ0n) is 18.8. The average Bonchev–Trinajstić information content (AvgIpc) is 3.42. The van der Waals surface area contributed by atoms with Crippen LogP contribution in [0.3, 0.4) is 0 Å². The quantitative estimate of drug-likeness (QED) is 0.353. The summed E-state index contributed by atoms with van der Waals surface area (Å²) < 4.78 is 68.9. The van der Waals surface area contributed by atoms with Gasteiger partial charge in [0.2, 0.25) is 15.8 Å². The van der Waals surface area contributed by atoms with Gasteiger partial charge in [-0.2, -0.15) is 23.3 Å². The molecule has 0 amide bonds. The Kier molecular flexibility index (Phi) is 5.17. The first-order valence-electron chi connectivity index (χ1n) is 11.1. The summed E-state index contributed by atoms with van der Waals surface area (Å²) >= 11 is 0. The van der Waals surface area contributed by atoms with Crippen molar-refractivity contribution in [2.24, 2.45) is 5.14 Å². The van der Waals surface area contributed by atoms with Crippen molar-refractivity contribution >= 4 is 15.7 Å². The maximum Gasteiger partial charge on any atom is 0.416 e. The van der Waals surface area contributed by atoms with Gasteiger partial charge in [0.15, 0.2) is 11.3 Å². The van der Waals surface area contributed by atoms with Crippen LogP contribution in [-0.2, 0) is 16.2 Å². The van der Waals surface area contributed by atoms with Crippen molar-refractivity contribution < 1.29 is 26.1 Å². The summed E-state index contributed by atoms with van der Waals surface area (Å²) in [6, 6.07) is 14.1. The molecule has 0 radical (unpaired) electrons. The van der Waals surface area contributed by atoms with Gasteiger partial charge in [-0.05, 0) is 55.3 Å². The second-order valence-electron chi connectivity index (χ2n) is 8.71. The number of fused-ring (bicyclic) bond motifs is 1. The Morgan fingerprint density at radius 2 is 1.59 bits per heavy atom. The van der Waals surface area contributed by atoms with Gasteiger partial charge in [0, 0.05) is 28.8 Å². The number of nitrogens with two attached hydrogens (primary N) is 1. The predicted molar refractivity (Wildman–Crippen MR) is 126 cm³/mol. The standard InChI is InChI=1S/C24H17F3N6O3S/c25-24(26,27)16-7-3-13(4-8-16)18-11-20(14-1-2-14)33-21(29-18)12-19(31-33)23-30-22(32-36-23)15-5-9-17(10-6-15)37(28,34)35/h3-12,14H,1-2H2,(H2,28,34,35). The van der Waals surface area contributed by atoms with Gasteiger partial charge in [-0.15, -0.1) is 0 Å². The van der Waals surface area contributed by atoms with Gasteiger partial charge >= 0.3 is 6.18 Å². The molecular formula is C24H17F3N6O3S. The smallest absolute Gasteiger partial charge is 0.332 e. The molecule has 5 aromatic rings. The Bertz CT molecular complexity index is 1740. The van der Waals surface area contributed by atoms with Gasteiger partial charge in [-0.1, -0.05) is 17.3 Å². The molecule has 37 heavy (non-hydrogen) atoms. The molecule has 9 nitrogen and oxygen atoms in total. The van der Waals surface area contributed by atoms with Crippen molar-refractivity contribution in [2.75, 3.05) is 0 Å². The highest BCUT2D eigenvalue weighted by Gasteiger charge is 2.31. The SMILES string of the molecule is NS(=O)(=O)c1ccc(-c2noc(-c3cc4nc(-c5ccc(C(F)(F)F)cc5)cc(C5CC5)n4n3)n2)cc1. The number of hydrogen-bond acceptors (Lipinski definition) is 7. The van der Waals surface area contributed by atoms with Crippen LogP contribution in [0.4, 0.5) is 13.2 Å². The molecule has 0 aliphatic heterocycles. The Labute approximate surface area is 207 Å². The first-order valence-corrected chi connectivity index (χ1v) is 12.7. The van der Waals surface area contributed by atoms with E-state index in [2.05, 4.69) is 20.2 Å². The maximum absolute atomic E-state index is 13.0. The Hall–Kier alpha value is -4.10. The minimum Gasteiger partial charge on any atom is -0.332 e. The first-order chi connectivity index (χ1) is 17.6. The third kappa shape index (κ3) is 4.47. The summed E-state index contributed by atoms with van der Waals surface area (Å²) in [4.78, 5) is 8.95. The molecule has 1 fully saturated rings. The molecule has 1 saturated carbocycles. The van der Waals surface area contributed by atoms with Gasteiger partial charge < -0.3 is 4.52 Å². The molecule has 0 atom stereocenters. The largest absolute Gasteiger partial charge is 0.416 e. The second-order valence-corrected chi connectivity index (χ2v) is 10.3. The lowest BCUT2D eigenvalue weighted by Crippen LogP contribution is -2.11. The molecule has 1 aliphatic carbocycles. The molecule has 6 rings (SSSR count). The topological polar surface area (TPSA) is 129 Å². The fraction of sp³-hybridized carbons (Fsp3) is 0.167. The second kappa shape index (κ2) is 8.21. The molecule has 3 aromatic heterocycles. The van der Waals surface area contributed by atoms with Crippen LogP contribution in [0.5, 0.6) is 0 Å². The summed E-state index contributed by atoms with van der Waals surface area (Å²) in [7, 11) is -3.83. The molecule has 2 N–H and O–H groups in total. The van der Waals surface area contributed by atoms with Crippen molar-refractivity contribution in [1.82, 2.24) is 24.7 Å². The number of aromatic nitrogens is 5. The van der Waals surface area contributed by atoms with Crippen molar-refractivity contribution in [3.8, 4) is 34.2 Å². The number of rotatable bonds is 5. The van der Waals surface area contributed by atoms with Crippen LogP contribution in [0.25, 0.3) is 39.9 Å². The van der Waals surface area contributed by atoms with Crippen LogP contribution < -0.4 is 5.14 Å². The number of benzene rings is 2. The lowest BCUT2D eigenvalue weighted by molar-refractivity contribution is -0.137. The average molecular weight is 527 g/mol. The van der Waals surface area contributed by atoms with Crippen molar-refractivity contribution in [1.29, 1.82) is 0 Å². The van der Waals surface area contributed by atoms with E-state index < -0.39 is 21.8 Å². The van der Waals surface area contributed by atoms with Crippen LogP contribution in [0.1, 0.15) is 30.0 Å². The van der Waals surface area contributed by atoms with E-state index in [-0.39, 0.29) is 22.5 Å². The van der Waals surface area contributed by atoms with Gasteiger partial charge in [-0.25, -0.2) is 23.1 Å². The number of alkyl halides is 3. The van der Waals surface area contributed by atoms with Crippen LogP contribution in [0, 0.1) is 0 Å². The molecule has 0 unspecified atom stereocenters. The minimum atomic E-state index is -4.41. The number of sulfonamides is 1. The molecule has 1 aliphatic rings. The summed E-state index contributed by atoms with van der Waals surface area (Å²) in [6.07, 6.45) is -2.47. The summed E-state index contributed by atoms with van der Waals surface area (Å²) in [5, 5.41) is 13.7. The monoisotopic (exact) mass is 526 g/mol. The summed E-state index contributed by atoms with van der Waals surface area (Å²) in [5.41, 5.74) is 2.65. The van der Waals surface area contributed by atoms with E-state index in [1.54, 1.807) is 10.6 Å². The molecule has 3 heterocycles. The van der Waals surface area contributed by atoms with Crippen LogP contribution in [0.15, 0.2) is 70.1 Å². The van der Waals surface area contributed by atoms with E-state index in [0.29, 0.717) is 28.2 Å². The number of hydrogen-bond donors (Lipinski definition) is 1. The molecule has 13 heteroatoms. The highest BCUT2D eigenvalue weighted by Crippen LogP contribution is 2.41. The van der Waals surface area contributed by atoms with Crippen molar-refractivity contribution in [3.63, 3.8) is 0 Å². The van der Waals surface area contributed by atoms with E-state index in [9.17, 15) is 21.6 Å². The highest BCUT2D eigenvalue weighted by atomic mass is 32.2. The minimum absolute atomic E-state index is 0.0390. The number of halogens is 3. The van der Waals surface area contributed by atoms with Crippen molar-refractivity contribution in [2.45, 2.75) is 29.8 Å². The first kappa shape index (κ1) is 23.3. The fourth-order valence-corrected chi connectivity index (χ4v) is 4.50. The molecule has 2 aromatic carbocycles. The van der Waals surface area contributed by atoms with Crippen LogP contribution in [-0.4, -0.2) is 33.2 Å². The summed E-state index contributed by atoms with van der Waals surface area (Å²) in [5.74, 6) is 0.629. The molecule has 188 valence electrons. The fourth-order valence-electron chi connectivity index (χ4n) is 3.99. The number of primary sulfonamides is 1. The Morgan fingerprint density at radius 3 is 2.22 bits per heavy atom. The van der Waals surface area contributed by atoms with E-state index in [0.717, 1.165) is 30.7 Å². The van der Waals surface area contributed by atoms with Gasteiger partial charge in [0.05, 0.1) is 16.2 Å². The number of nitrogens with zero attached hydrogens (tertiary/aromatic N) is 5. The normalized spacial score (nSPS) is 14.4. The lowest BCUT2D eigenvalue weighted by Gasteiger charge is -2.09. The lowest BCUT2D eigenvalue weighted by atomic mass is 10.1. The van der Waals surface area contributed by atoms with Crippen molar-refractivity contribution in [3.05, 3.63) is 71.9 Å². The third-order valence-electron chi connectivity index (χ3n) is 6.04. The highest BCUT2D eigenvalue weighted by molar-refractivity contribution is 7.89. The van der Waals surface area contributed by atoms with E-state index >= 15 is 0 Å². The Balaban J connectivity index is 1.36. The van der Waals surface area contributed by atoms with Gasteiger partial charge in [0.1, 0.15) is 0 Å². The van der Waals surface area contributed by atoms with Crippen LogP contribution in [0.2, 0.25) is 0 Å². The molecular weight excluding hydrogens is 509 g/mol. The Morgan fingerprint density at radius 1 is 0.919 bits per heavy atom. The molecule has 0 spiro atoms. The van der Waals surface area contributed by atoms with E-state index in [4.69, 9.17) is 9.66 Å². The van der Waals surface area contributed by atoms with Gasteiger partial charge in [0.25, 0.3) is 5.89 Å². The zero-order chi connectivity index (χ0) is 25.9. The maximum atomic E-state index is 13.0. The molecule has 0 bridgehead atoms. The predicted octanol–water partition coefficient (Wildman–Crippen LogP) is 4.66. The molecule has 0 saturated heterocycles.